The highest BCUT2D eigenvalue weighted by Crippen LogP contribution is 2.35. The molecule has 6 heteroatoms. The first-order valence-electron chi connectivity index (χ1n) is 9.00. The third-order valence-corrected chi connectivity index (χ3v) is 6.41. The fourth-order valence-corrected chi connectivity index (χ4v) is 4.76. The van der Waals surface area contributed by atoms with Gasteiger partial charge in [-0.1, -0.05) is 35.9 Å². The second-order valence-corrected chi connectivity index (χ2v) is 8.12. The molecular weight excluding hydrogens is 380 g/mol. The van der Waals surface area contributed by atoms with Crippen LogP contribution in [-0.4, -0.2) is 32.2 Å². The van der Waals surface area contributed by atoms with Crippen LogP contribution < -0.4 is 10.2 Å². The van der Waals surface area contributed by atoms with Crippen LogP contribution in [-0.2, 0) is 11.3 Å². The van der Waals surface area contributed by atoms with E-state index in [0.717, 1.165) is 47.5 Å². The number of hydrogen-bond acceptors (Lipinski definition) is 4. The van der Waals surface area contributed by atoms with Crippen LogP contribution in [0.15, 0.2) is 42.5 Å². The van der Waals surface area contributed by atoms with E-state index in [0.29, 0.717) is 16.4 Å². The van der Waals surface area contributed by atoms with E-state index in [1.165, 1.54) is 17.0 Å². The molecule has 0 aliphatic carbocycles. The number of ether oxygens (including phenoxy) is 1. The van der Waals surface area contributed by atoms with Crippen LogP contribution in [0.3, 0.4) is 0 Å². The summed E-state index contributed by atoms with van der Waals surface area (Å²) in [5, 5.41) is 4.46. The number of nitrogens with one attached hydrogen (secondary N) is 1. The standard InChI is InChI=1S/C21H21ClN2O2S/c1-14-2-7-17-18(12-14)27-20(19(17)22)21(25)23-13-15-3-5-16(6-4-15)24-8-10-26-11-9-24/h2-7,12H,8-11,13H2,1H3,(H,23,25). The summed E-state index contributed by atoms with van der Waals surface area (Å²) >= 11 is 7.87. The smallest absolute Gasteiger partial charge is 0.263 e. The predicted molar refractivity (Wildman–Crippen MR) is 112 cm³/mol. The Bertz CT molecular complexity index is 962. The summed E-state index contributed by atoms with van der Waals surface area (Å²) < 4.78 is 6.43. The monoisotopic (exact) mass is 400 g/mol. The van der Waals surface area contributed by atoms with Crippen molar-refractivity contribution in [3.05, 3.63) is 63.5 Å². The normalized spacial score (nSPS) is 14.5. The zero-order chi connectivity index (χ0) is 18.8. The molecule has 1 aliphatic heterocycles. The Morgan fingerprint density at radius 1 is 1.19 bits per heavy atom. The van der Waals surface area contributed by atoms with Crippen molar-refractivity contribution in [2.75, 3.05) is 31.2 Å². The molecule has 0 unspecified atom stereocenters. The van der Waals surface area contributed by atoms with Crippen molar-refractivity contribution in [2.45, 2.75) is 13.5 Å². The van der Waals surface area contributed by atoms with E-state index in [9.17, 15) is 4.79 Å². The maximum absolute atomic E-state index is 12.6. The number of morpholine rings is 1. The molecule has 0 spiro atoms. The molecule has 2 aromatic carbocycles. The molecule has 1 aliphatic rings. The van der Waals surface area contributed by atoms with Crippen molar-refractivity contribution in [1.29, 1.82) is 0 Å². The topological polar surface area (TPSA) is 41.6 Å². The van der Waals surface area contributed by atoms with Gasteiger partial charge in [0, 0.05) is 35.4 Å². The number of hydrogen-bond donors (Lipinski definition) is 1. The van der Waals surface area contributed by atoms with Gasteiger partial charge >= 0.3 is 0 Å². The molecule has 1 aromatic heterocycles. The molecule has 4 nitrogen and oxygen atoms in total. The molecule has 0 saturated carbocycles. The number of carbonyl (C=O) groups excluding carboxylic acids is 1. The molecule has 0 atom stereocenters. The number of nitrogens with zero attached hydrogens (tertiary/aromatic N) is 1. The fraction of sp³-hybridized carbons (Fsp3) is 0.286. The predicted octanol–water partition coefficient (Wildman–Crippen LogP) is 4.63. The first kappa shape index (κ1) is 18.3. The largest absolute Gasteiger partial charge is 0.378 e. The van der Waals surface area contributed by atoms with Crippen molar-refractivity contribution < 1.29 is 9.53 Å². The third kappa shape index (κ3) is 3.95. The van der Waals surface area contributed by atoms with E-state index in [-0.39, 0.29) is 5.91 Å². The molecule has 4 rings (SSSR count). The molecule has 1 N–H and O–H groups in total. The van der Waals surface area contributed by atoms with Crippen molar-refractivity contribution in [1.82, 2.24) is 5.32 Å². The molecule has 27 heavy (non-hydrogen) atoms. The lowest BCUT2D eigenvalue weighted by Gasteiger charge is -2.28. The van der Waals surface area contributed by atoms with Gasteiger partial charge in [-0.2, -0.15) is 0 Å². The van der Waals surface area contributed by atoms with E-state index >= 15 is 0 Å². The Balaban J connectivity index is 1.42. The second kappa shape index (κ2) is 7.89. The van der Waals surface area contributed by atoms with Crippen LogP contribution >= 0.6 is 22.9 Å². The van der Waals surface area contributed by atoms with Gasteiger partial charge in [0.15, 0.2) is 0 Å². The number of amides is 1. The average Bonchev–Trinajstić information content (AvgIpc) is 3.03. The van der Waals surface area contributed by atoms with Gasteiger partial charge in [-0.05, 0) is 36.2 Å². The lowest BCUT2D eigenvalue weighted by Crippen LogP contribution is -2.36. The Morgan fingerprint density at radius 3 is 2.67 bits per heavy atom. The average molecular weight is 401 g/mol. The number of halogens is 1. The minimum absolute atomic E-state index is 0.129. The van der Waals surface area contributed by atoms with Gasteiger partial charge in [0.05, 0.1) is 18.2 Å². The van der Waals surface area contributed by atoms with Crippen LogP contribution in [0.1, 0.15) is 20.8 Å². The van der Waals surface area contributed by atoms with E-state index in [2.05, 4.69) is 40.5 Å². The summed E-state index contributed by atoms with van der Waals surface area (Å²) in [7, 11) is 0. The molecule has 3 aromatic rings. The van der Waals surface area contributed by atoms with E-state index in [1.807, 2.05) is 19.1 Å². The minimum atomic E-state index is -0.129. The summed E-state index contributed by atoms with van der Waals surface area (Å²) in [4.78, 5) is 15.5. The molecule has 140 valence electrons. The van der Waals surface area contributed by atoms with Crippen molar-refractivity contribution in [2.24, 2.45) is 0 Å². The van der Waals surface area contributed by atoms with E-state index < -0.39 is 0 Å². The van der Waals surface area contributed by atoms with Gasteiger partial charge in [0.1, 0.15) is 4.88 Å². The number of aryl methyl sites for hydroxylation is 1. The van der Waals surface area contributed by atoms with Gasteiger partial charge < -0.3 is 15.0 Å². The highest BCUT2D eigenvalue weighted by atomic mass is 35.5. The first-order chi connectivity index (χ1) is 13.1. The highest BCUT2D eigenvalue weighted by molar-refractivity contribution is 7.21. The Kier molecular flexibility index (Phi) is 5.34. The maximum atomic E-state index is 12.6. The zero-order valence-electron chi connectivity index (χ0n) is 15.1. The quantitative estimate of drug-likeness (QED) is 0.694. The SMILES string of the molecule is Cc1ccc2c(Cl)c(C(=O)NCc3ccc(N4CCOCC4)cc3)sc2c1. The number of fused-ring (bicyclic) bond motifs is 1. The van der Waals surface area contributed by atoms with Gasteiger partial charge in [-0.3, -0.25) is 4.79 Å². The number of anilines is 1. The van der Waals surface area contributed by atoms with Crippen molar-refractivity contribution in [3.63, 3.8) is 0 Å². The lowest BCUT2D eigenvalue weighted by molar-refractivity contribution is 0.0955. The van der Waals surface area contributed by atoms with Gasteiger partial charge in [0.25, 0.3) is 5.91 Å². The van der Waals surface area contributed by atoms with Gasteiger partial charge in [0.2, 0.25) is 0 Å². The van der Waals surface area contributed by atoms with Crippen LogP contribution in [0.4, 0.5) is 5.69 Å². The summed E-state index contributed by atoms with van der Waals surface area (Å²) in [5.74, 6) is -0.129. The number of carbonyl (C=O) groups is 1. The number of benzene rings is 2. The van der Waals surface area contributed by atoms with Crippen molar-refractivity contribution >= 4 is 44.6 Å². The third-order valence-electron chi connectivity index (χ3n) is 4.76. The highest BCUT2D eigenvalue weighted by Gasteiger charge is 2.17. The molecule has 1 saturated heterocycles. The molecule has 0 bridgehead atoms. The van der Waals surface area contributed by atoms with Gasteiger partial charge in [-0.25, -0.2) is 0 Å². The summed E-state index contributed by atoms with van der Waals surface area (Å²) in [6.45, 7) is 5.89. The fourth-order valence-electron chi connectivity index (χ4n) is 3.23. The molecular formula is C21H21ClN2O2S. The molecule has 0 radical (unpaired) electrons. The van der Waals surface area contributed by atoms with Crippen molar-refractivity contribution in [3.8, 4) is 0 Å². The summed E-state index contributed by atoms with van der Waals surface area (Å²) in [6, 6.07) is 14.4. The van der Waals surface area contributed by atoms with Crippen LogP contribution in [0.25, 0.3) is 10.1 Å². The van der Waals surface area contributed by atoms with E-state index in [1.54, 1.807) is 0 Å². The summed E-state index contributed by atoms with van der Waals surface area (Å²) in [6.07, 6.45) is 0. The molecule has 2 heterocycles. The maximum Gasteiger partial charge on any atom is 0.263 e. The number of thiophene rings is 1. The Morgan fingerprint density at radius 2 is 1.93 bits per heavy atom. The Labute approximate surface area is 167 Å². The number of rotatable bonds is 4. The van der Waals surface area contributed by atoms with Crippen LogP contribution in [0, 0.1) is 6.92 Å². The molecule has 1 amide bonds. The van der Waals surface area contributed by atoms with Gasteiger partial charge in [-0.15, -0.1) is 11.3 Å². The Hall–Kier alpha value is -2.08. The zero-order valence-corrected chi connectivity index (χ0v) is 16.7. The minimum Gasteiger partial charge on any atom is -0.378 e. The molecule has 1 fully saturated rings. The second-order valence-electron chi connectivity index (χ2n) is 6.69. The van der Waals surface area contributed by atoms with Crippen LogP contribution in [0.5, 0.6) is 0 Å². The van der Waals surface area contributed by atoms with Crippen LogP contribution in [0.2, 0.25) is 5.02 Å². The summed E-state index contributed by atoms with van der Waals surface area (Å²) in [5.41, 5.74) is 3.41. The van der Waals surface area contributed by atoms with E-state index in [4.69, 9.17) is 16.3 Å². The first-order valence-corrected chi connectivity index (χ1v) is 10.2. The lowest BCUT2D eigenvalue weighted by atomic mass is 10.2.